The van der Waals surface area contributed by atoms with E-state index in [-0.39, 0.29) is 23.6 Å². The van der Waals surface area contributed by atoms with Crippen LogP contribution in [0, 0.1) is 5.82 Å². The van der Waals surface area contributed by atoms with Crippen molar-refractivity contribution in [1.29, 1.82) is 0 Å². The van der Waals surface area contributed by atoms with E-state index in [2.05, 4.69) is 4.74 Å². The summed E-state index contributed by atoms with van der Waals surface area (Å²) in [4.78, 5) is 23.3. The Morgan fingerprint density at radius 2 is 2.17 bits per heavy atom. The zero-order valence-corrected chi connectivity index (χ0v) is 13.2. The highest BCUT2D eigenvalue weighted by Gasteiger charge is 2.54. The molecule has 1 N–H and O–H groups in total. The highest BCUT2D eigenvalue weighted by atomic mass is 19.1. The van der Waals surface area contributed by atoms with Gasteiger partial charge in [-0.25, -0.2) is 14.0 Å². The standard InChI is InChI=1S/C15H16BFO7/c1-7(2)23-15(19)22-6-21-14(18)12-11(17)4-3-8-9-5-10(9)16(20)24-13(8)12/h3-4,7,9-10,20H,5-6H2,1-2H3. The second-order valence-electron chi connectivity index (χ2n) is 5.97. The van der Waals surface area contributed by atoms with E-state index < -0.39 is 37.4 Å². The molecule has 2 unspecified atom stereocenters. The van der Waals surface area contributed by atoms with Crippen molar-refractivity contribution in [3.8, 4) is 5.75 Å². The van der Waals surface area contributed by atoms with Crippen molar-refractivity contribution >= 4 is 19.2 Å². The molecule has 24 heavy (non-hydrogen) atoms. The van der Waals surface area contributed by atoms with Gasteiger partial charge in [0.1, 0.15) is 17.1 Å². The summed E-state index contributed by atoms with van der Waals surface area (Å²) in [6, 6.07) is 2.69. The molecule has 9 heteroatoms. The second-order valence-corrected chi connectivity index (χ2v) is 5.97. The molecule has 1 aliphatic carbocycles. The van der Waals surface area contributed by atoms with Gasteiger partial charge >= 0.3 is 19.2 Å². The topological polar surface area (TPSA) is 91.3 Å². The third-order valence-electron chi connectivity index (χ3n) is 3.88. The fourth-order valence-electron chi connectivity index (χ4n) is 2.71. The highest BCUT2D eigenvalue weighted by Crippen LogP contribution is 2.60. The Bertz CT molecular complexity index is 678. The van der Waals surface area contributed by atoms with Crippen molar-refractivity contribution < 1.29 is 37.9 Å². The maximum absolute atomic E-state index is 14.1. The predicted octanol–water partition coefficient (Wildman–Crippen LogP) is 2.23. The van der Waals surface area contributed by atoms with Crippen molar-refractivity contribution in [3.63, 3.8) is 0 Å². The van der Waals surface area contributed by atoms with Crippen LogP contribution in [0.3, 0.4) is 0 Å². The van der Waals surface area contributed by atoms with Crippen LogP contribution in [0.1, 0.15) is 42.1 Å². The first kappa shape index (κ1) is 16.6. The van der Waals surface area contributed by atoms with Gasteiger partial charge in [0.15, 0.2) is 0 Å². The average molecular weight is 338 g/mol. The molecule has 0 bridgehead atoms. The van der Waals surface area contributed by atoms with Crippen LogP contribution in [0.25, 0.3) is 0 Å². The van der Waals surface area contributed by atoms with Crippen molar-refractivity contribution in [1.82, 2.24) is 0 Å². The summed E-state index contributed by atoms with van der Waals surface area (Å²) in [5, 5.41) is 9.81. The molecular formula is C15H16BFO7. The minimum absolute atomic E-state index is 0.0176. The van der Waals surface area contributed by atoms with Gasteiger partial charge in [0.05, 0.1) is 6.10 Å². The van der Waals surface area contributed by atoms with Gasteiger partial charge < -0.3 is 23.9 Å². The van der Waals surface area contributed by atoms with Gasteiger partial charge in [-0.15, -0.1) is 0 Å². The van der Waals surface area contributed by atoms with E-state index in [9.17, 15) is 19.0 Å². The van der Waals surface area contributed by atoms with Crippen LogP contribution < -0.4 is 4.65 Å². The summed E-state index contributed by atoms with van der Waals surface area (Å²) in [5.74, 6) is -1.88. The number of hydrogen-bond donors (Lipinski definition) is 1. The lowest BCUT2D eigenvalue weighted by Crippen LogP contribution is -2.28. The van der Waals surface area contributed by atoms with Crippen molar-refractivity contribution in [2.45, 2.75) is 38.1 Å². The van der Waals surface area contributed by atoms with E-state index in [4.69, 9.17) is 14.1 Å². The lowest BCUT2D eigenvalue weighted by Gasteiger charge is -2.21. The monoisotopic (exact) mass is 338 g/mol. The largest absolute Gasteiger partial charge is 0.535 e. The van der Waals surface area contributed by atoms with Gasteiger partial charge in [0.2, 0.25) is 6.79 Å². The van der Waals surface area contributed by atoms with Crippen LogP contribution in [0.15, 0.2) is 12.1 Å². The number of ether oxygens (including phenoxy) is 3. The second kappa shape index (κ2) is 6.31. The maximum Gasteiger partial charge on any atom is 0.526 e. The maximum atomic E-state index is 14.1. The number of hydrogen-bond acceptors (Lipinski definition) is 7. The molecule has 0 saturated heterocycles. The summed E-state index contributed by atoms with van der Waals surface area (Å²) >= 11 is 0. The lowest BCUT2D eigenvalue weighted by molar-refractivity contribution is -0.0347. The molecule has 1 aliphatic heterocycles. The SMILES string of the molecule is CC(C)OC(=O)OCOC(=O)c1c(F)ccc2c1OB(O)C1CC21. The molecule has 3 rings (SSSR count). The van der Waals surface area contributed by atoms with Crippen molar-refractivity contribution in [3.05, 3.63) is 29.1 Å². The minimum atomic E-state index is -1.08. The molecular weight excluding hydrogens is 322 g/mol. The molecule has 0 spiro atoms. The van der Waals surface area contributed by atoms with Gasteiger partial charge in [-0.1, -0.05) is 6.07 Å². The zero-order chi connectivity index (χ0) is 17.4. The van der Waals surface area contributed by atoms with Crippen LogP contribution in [-0.2, 0) is 14.2 Å². The number of benzene rings is 1. The van der Waals surface area contributed by atoms with E-state index in [1.807, 2.05) is 0 Å². The molecule has 1 fully saturated rings. The van der Waals surface area contributed by atoms with E-state index in [0.717, 1.165) is 12.5 Å². The molecule has 0 radical (unpaired) electrons. The number of carbonyl (C=O) groups excluding carboxylic acids is 2. The number of halogens is 1. The summed E-state index contributed by atoms with van der Waals surface area (Å²) < 4.78 is 33.4. The molecule has 2 aliphatic rings. The van der Waals surface area contributed by atoms with Crippen LogP contribution in [0.4, 0.5) is 9.18 Å². The van der Waals surface area contributed by atoms with E-state index in [1.54, 1.807) is 13.8 Å². The molecule has 128 valence electrons. The Morgan fingerprint density at radius 1 is 1.42 bits per heavy atom. The number of fused-ring (bicyclic) bond motifs is 3. The third-order valence-corrected chi connectivity index (χ3v) is 3.88. The fraction of sp³-hybridized carbons (Fsp3) is 0.467. The quantitative estimate of drug-likeness (QED) is 0.511. The summed E-state index contributed by atoms with van der Waals surface area (Å²) in [5.41, 5.74) is 0.247. The number of carbonyl (C=O) groups is 2. The first-order valence-corrected chi connectivity index (χ1v) is 7.56. The van der Waals surface area contributed by atoms with Crippen LogP contribution in [0.5, 0.6) is 5.75 Å². The van der Waals surface area contributed by atoms with Crippen LogP contribution >= 0.6 is 0 Å². The smallest absolute Gasteiger partial charge is 0.526 e. The van der Waals surface area contributed by atoms with E-state index in [0.29, 0.717) is 5.56 Å². The average Bonchev–Trinajstić information content (AvgIpc) is 3.27. The van der Waals surface area contributed by atoms with Crippen LogP contribution in [0.2, 0.25) is 5.82 Å². The first-order valence-electron chi connectivity index (χ1n) is 7.56. The molecule has 1 aromatic carbocycles. The summed E-state index contributed by atoms with van der Waals surface area (Å²) in [6.07, 6.45) is -0.660. The highest BCUT2D eigenvalue weighted by molar-refractivity contribution is 6.48. The summed E-state index contributed by atoms with van der Waals surface area (Å²) in [7, 11) is -1.08. The molecule has 1 aromatic rings. The van der Waals surface area contributed by atoms with Crippen LogP contribution in [-0.4, -0.2) is 37.2 Å². The van der Waals surface area contributed by atoms with Gasteiger partial charge in [-0.05, 0) is 37.8 Å². The van der Waals surface area contributed by atoms with Crippen molar-refractivity contribution in [2.75, 3.05) is 6.79 Å². The Kier molecular flexibility index (Phi) is 4.36. The van der Waals surface area contributed by atoms with Gasteiger partial charge in [0.25, 0.3) is 0 Å². The molecule has 2 atom stereocenters. The minimum Gasteiger partial charge on any atom is -0.535 e. The fourth-order valence-corrected chi connectivity index (χ4v) is 2.71. The zero-order valence-electron chi connectivity index (χ0n) is 13.2. The Morgan fingerprint density at radius 3 is 2.88 bits per heavy atom. The van der Waals surface area contributed by atoms with E-state index in [1.165, 1.54) is 6.07 Å². The van der Waals surface area contributed by atoms with Gasteiger partial charge in [-0.3, -0.25) is 0 Å². The first-order chi connectivity index (χ1) is 11.4. The molecule has 7 nitrogen and oxygen atoms in total. The third kappa shape index (κ3) is 3.16. The van der Waals surface area contributed by atoms with Gasteiger partial charge in [-0.2, -0.15) is 0 Å². The Balaban J connectivity index is 1.69. The molecule has 1 saturated carbocycles. The van der Waals surface area contributed by atoms with E-state index >= 15 is 0 Å². The predicted molar refractivity (Wildman–Crippen MR) is 79.1 cm³/mol. The molecule has 1 heterocycles. The molecule has 0 aromatic heterocycles. The Hall–Kier alpha value is -2.29. The number of esters is 1. The Labute approximate surface area is 137 Å². The number of rotatable bonds is 4. The lowest BCUT2D eigenvalue weighted by atomic mass is 9.77. The summed E-state index contributed by atoms with van der Waals surface area (Å²) in [6.45, 7) is 2.54. The van der Waals surface area contributed by atoms with Crippen molar-refractivity contribution in [2.24, 2.45) is 0 Å². The molecule has 0 amide bonds. The normalized spacial score (nSPS) is 20.6. The van der Waals surface area contributed by atoms with Gasteiger partial charge in [0, 0.05) is 5.82 Å².